The van der Waals surface area contributed by atoms with Crippen LogP contribution in [0.3, 0.4) is 0 Å². The summed E-state index contributed by atoms with van der Waals surface area (Å²) in [6, 6.07) is 11.2. The lowest BCUT2D eigenvalue weighted by Crippen LogP contribution is -2.24. The molecule has 0 bridgehead atoms. The molecular weight excluding hydrogens is 330 g/mol. The average Bonchev–Trinajstić information content (AvgIpc) is 3.18. The number of nitrogens with zero attached hydrogens (tertiary/aromatic N) is 4. The van der Waals surface area contributed by atoms with Crippen LogP contribution in [-0.2, 0) is 6.54 Å². The van der Waals surface area contributed by atoms with Crippen molar-refractivity contribution in [3.63, 3.8) is 0 Å². The summed E-state index contributed by atoms with van der Waals surface area (Å²) in [6.45, 7) is 1.36. The fraction of sp³-hybridized carbons (Fsp3) is 0.211. The molecule has 0 aliphatic heterocycles. The zero-order valence-electron chi connectivity index (χ0n) is 14.4. The summed E-state index contributed by atoms with van der Waals surface area (Å²) in [7, 11) is 1.59. The lowest BCUT2D eigenvalue weighted by Gasteiger charge is -2.13. The van der Waals surface area contributed by atoms with Crippen molar-refractivity contribution < 1.29 is 4.74 Å². The molecule has 0 aromatic carbocycles. The van der Waals surface area contributed by atoms with Crippen molar-refractivity contribution in [2.75, 3.05) is 19.0 Å². The molecule has 7 heteroatoms. The van der Waals surface area contributed by atoms with Gasteiger partial charge in [-0.3, -0.25) is 14.2 Å². The second kappa shape index (κ2) is 6.87. The first kappa shape index (κ1) is 16.1. The Balaban J connectivity index is 1.64. The standard InChI is InChI=1S/C19H19N5O2/c1-26-17-6-5-15-18(22-17)23-12-2-4-16(23)19(25)24(15)13-3-9-21-14-7-10-20-11-8-14/h2,4-8,10-12H,3,9,13H2,1H3,(H,20,21). The number of anilines is 1. The Morgan fingerprint density at radius 1 is 1.12 bits per heavy atom. The molecule has 0 atom stereocenters. The van der Waals surface area contributed by atoms with Crippen molar-refractivity contribution in [2.45, 2.75) is 13.0 Å². The first-order chi connectivity index (χ1) is 12.8. The lowest BCUT2D eigenvalue weighted by molar-refractivity contribution is 0.399. The van der Waals surface area contributed by atoms with E-state index in [0.717, 1.165) is 24.2 Å². The number of nitrogens with one attached hydrogen (secondary N) is 1. The van der Waals surface area contributed by atoms with E-state index in [1.165, 1.54) is 0 Å². The van der Waals surface area contributed by atoms with Crippen LogP contribution >= 0.6 is 0 Å². The van der Waals surface area contributed by atoms with E-state index in [9.17, 15) is 4.79 Å². The second-order valence-electron chi connectivity index (χ2n) is 5.93. The Hall–Kier alpha value is -3.35. The maximum Gasteiger partial charge on any atom is 0.275 e. The average molecular weight is 349 g/mol. The highest BCUT2D eigenvalue weighted by Gasteiger charge is 2.12. The molecule has 0 fully saturated rings. The van der Waals surface area contributed by atoms with Crippen molar-refractivity contribution in [3.8, 4) is 5.88 Å². The number of hydrogen-bond acceptors (Lipinski definition) is 5. The molecule has 1 N–H and O–H groups in total. The Morgan fingerprint density at radius 3 is 2.77 bits per heavy atom. The van der Waals surface area contributed by atoms with Crippen molar-refractivity contribution in [1.29, 1.82) is 0 Å². The van der Waals surface area contributed by atoms with Gasteiger partial charge >= 0.3 is 0 Å². The van der Waals surface area contributed by atoms with E-state index in [1.54, 1.807) is 30.1 Å². The maximum atomic E-state index is 12.9. The molecule has 132 valence electrons. The monoisotopic (exact) mass is 349 g/mol. The topological polar surface area (TPSA) is 73.5 Å². The van der Waals surface area contributed by atoms with Crippen LogP contribution in [0.2, 0.25) is 0 Å². The zero-order chi connectivity index (χ0) is 17.9. The van der Waals surface area contributed by atoms with E-state index in [2.05, 4.69) is 15.3 Å². The van der Waals surface area contributed by atoms with E-state index in [-0.39, 0.29) is 5.56 Å². The van der Waals surface area contributed by atoms with Gasteiger partial charge in [0.2, 0.25) is 5.88 Å². The van der Waals surface area contributed by atoms with Gasteiger partial charge in [-0.1, -0.05) is 0 Å². The van der Waals surface area contributed by atoms with Crippen LogP contribution in [0, 0.1) is 0 Å². The zero-order valence-corrected chi connectivity index (χ0v) is 14.4. The summed E-state index contributed by atoms with van der Waals surface area (Å²) in [4.78, 5) is 21.4. The molecule has 0 spiro atoms. The normalized spacial score (nSPS) is 11.1. The number of pyridine rings is 2. The van der Waals surface area contributed by atoms with Crippen molar-refractivity contribution in [2.24, 2.45) is 0 Å². The molecule has 0 amide bonds. The second-order valence-corrected chi connectivity index (χ2v) is 5.93. The van der Waals surface area contributed by atoms with Gasteiger partial charge in [-0.05, 0) is 36.8 Å². The highest BCUT2D eigenvalue weighted by molar-refractivity contribution is 5.75. The Morgan fingerprint density at radius 2 is 1.96 bits per heavy atom. The van der Waals surface area contributed by atoms with E-state index in [4.69, 9.17) is 4.74 Å². The largest absolute Gasteiger partial charge is 0.481 e. The first-order valence-electron chi connectivity index (χ1n) is 8.46. The minimum atomic E-state index is -0.0154. The van der Waals surface area contributed by atoms with Crippen LogP contribution in [0.5, 0.6) is 5.88 Å². The minimum Gasteiger partial charge on any atom is -0.481 e. The highest BCUT2D eigenvalue weighted by atomic mass is 16.5. The van der Waals surface area contributed by atoms with Crippen LogP contribution in [-0.4, -0.2) is 32.6 Å². The molecule has 0 saturated carbocycles. The van der Waals surface area contributed by atoms with Crippen LogP contribution in [0.1, 0.15) is 6.42 Å². The van der Waals surface area contributed by atoms with E-state index < -0.39 is 0 Å². The molecule has 26 heavy (non-hydrogen) atoms. The molecule has 0 radical (unpaired) electrons. The molecule has 4 aromatic rings. The maximum absolute atomic E-state index is 12.9. The molecule has 7 nitrogen and oxygen atoms in total. The summed E-state index contributed by atoms with van der Waals surface area (Å²) in [5, 5.41) is 3.34. The summed E-state index contributed by atoms with van der Waals surface area (Å²) < 4.78 is 8.83. The lowest BCUT2D eigenvalue weighted by atomic mass is 10.3. The first-order valence-corrected chi connectivity index (χ1v) is 8.46. The van der Waals surface area contributed by atoms with E-state index in [0.29, 0.717) is 23.6 Å². The fourth-order valence-corrected chi connectivity index (χ4v) is 3.07. The van der Waals surface area contributed by atoms with Gasteiger partial charge in [0, 0.05) is 43.4 Å². The molecule has 4 rings (SSSR count). The SMILES string of the molecule is COc1ccc2c(n1)n1cccc1c(=O)n2CCCNc1ccncc1. The van der Waals surface area contributed by atoms with Crippen molar-refractivity contribution in [1.82, 2.24) is 18.9 Å². The number of rotatable bonds is 6. The third-order valence-corrected chi connectivity index (χ3v) is 4.34. The summed E-state index contributed by atoms with van der Waals surface area (Å²) in [6.07, 6.45) is 6.15. The summed E-state index contributed by atoms with van der Waals surface area (Å²) in [5.41, 5.74) is 3.12. The number of hydrogen-bond donors (Lipinski definition) is 1. The molecule has 0 unspecified atom stereocenters. The molecule has 4 aromatic heterocycles. The highest BCUT2D eigenvalue weighted by Crippen LogP contribution is 2.17. The number of ether oxygens (including phenoxy) is 1. The van der Waals surface area contributed by atoms with Gasteiger partial charge in [0.25, 0.3) is 5.56 Å². The summed E-state index contributed by atoms with van der Waals surface area (Å²) >= 11 is 0. The molecule has 4 heterocycles. The quantitative estimate of drug-likeness (QED) is 0.542. The van der Waals surface area contributed by atoms with Gasteiger partial charge < -0.3 is 14.6 Å². The van der Waals surface area contributed by atoms with E-state index in [1.807, 2.05) is 40.9 Å². The Kier molecular flexibility index (Phi) is 4.27. The molecule has 0 aliphatic carbocycles. The molecule has 0 aliphatic rings. The van der Waals surface area contributed by atoms with Gasteiger partial charge in [-0.25, -0.2) is 0 Å². The Labute approximate surface area is 149 Å². The van der Waals surface area contributed by atoms with Gasteiger partial charge in [0.05, 0.1) is 12.6 Å². The fourth-order valence-electron chi connectivity index (χ4n) is 3.07. The number of fused-ring (bicyclic) bond motifs is 3. The van der Waals surface area contributed by atoms with Gasteiger partial charge in [0.1, 0.15) is 5.52 Å². The third-order valence-electron chi connectivity index (χ3n) is 4.34. The summed E-state index contributed by atoms with van der Waals surface area (Å²) in [5.74, 6) is 0.525. The Bertz CT molecular complexity index is 1100. The van der Waals surface area contributed by atoms with Crippen LogP contribution in [0.25, 0.3) is 16.7 Å². The predicted octanol–water partition coefficient (Wildman–Crippen LogP) is 2.56. The number of aryl methyl sites for hydroxylation is 1. The van der Waals surface area contributed by atoms with Crippen molar-refractivity contribution in [3.05, 3.63) is 65.3 Å². The molecule has 0 saturated heterocycles. The molecular formula is C19H19N5O2. The third kappa shape index (κ3) is 2.88. The van der Waals surface area contributed by atoms with Gasteiger partial charge in [-0.2, -0.15) is 4.98 Å². The van der Waals surface area contributed by atoms with Gasteiger partial charge in [0.15, 0.2) is 5.65 Å². The van der Waals surface area contributed by atoms with Crippen LogP contribution in [0.4, 0.5) is 5.69 Å². The van der Waals surface area contributed by atoms with E-state index >= 15 is 0 Å². The van der Waals surface area contributed by atoms with Gasteiger partial charge in [-0.15, -0.1) is 0 Å². The van der Waals surface area contributed by atoms with Crippen LogP contribution in [0.15, 0.2) is 59.8 Å². The smallest absolute Gasteiger partial charge is 0.275 e. The van der Waals surface area contributed by atoms with Crippen molar-refractivity contribution >= 4 is 22.4 Å². The predicted molar refractivity (Wildman–Crippen MR) is 101 cm³/mol. The minimum absolute atomic E-state index is 0.0154. The van der Waals surface area contributed by atoms with Crippen LogP contribution < -0.4 is 15.6 Å². The number of methoxy groups -OCH3 is 1. The number of aromatic nitrogens is 4.